The highest BCUT2D eigenvalue weighted by molar-refractivity contribution is 6.24. The molecule has 0 saturated heterocycles. The zero-order valence-corrected chi connectivity index (χ0v) is 23.6. The summed E-state index contributed by atoms with van der Waals surface area (Å²) in [7, 11) is 0. The first kappa shape index (κ1) is 22.3. The van der Waals surface area contributed by atoms with Gasteiger partial charge in [0, 0.05) is 50.9 Å². The highest BCUT2D eigenvalue weighted by Gasteiger charge is 2.52. The molecule has 0 radical (unpaired) electrons. The molecule has 0 N–H and O–H groups in total. The van der Waals surface area contributed by atoms with Crippen molar-refractivity contribution >= 4 is 54.6 Å². The molecule has 9 aromatic rings. The zero-order chi connectivity index (χ0) is 28.0. The lowest BCUT2D eigenvalue weighted by Crippen LogP contribution is -2.49. The van der Waals surface area contributed by atoms with E-state index in [1.807, 2.05) is 0 Å². The van der Waals surface area contributed by atoms with Gasteiger partial charge in [0.2, 0.25) is 17.3 Å². The van der Waals surface area contributed by atoms with Crippen LogP contribution in [0.3, 0.4) is 0 Å². The molecule has 4 heteroatoms. The van der Waals surface area contributed by atoms with Crippen molar-refractivity contribution in [3.8, 4) is 11.3 Å². The van der Waals surface area contributed by atoms with E-state index in [0.29, 0.717) is 5.92 Å². The Morgan fingerprint density at radius 3 is 2.53 bits per heavy atom. The molecule has 43 heavy (non-hydrogen) atoms. The molecule has 4 nitrogen and oxygen atoms in total. The monoisotopic (exact) mass is 550 g/mol. The van der Waals surface area contributed by atoms with Gasteiger partial charge in [-0.15, -0.1) is 0 Å². The number of para-hydroxylation sites is 2. The average molecular weight is 551 g/mol. The Bertz CT molecular complexity index is 2680. The summed E-state index contributed by atoms with van der Waals surface area (Å²) in [5.41, 5.74) is 14.0. The summed E-state index contributed by atoms with van der Waals surface area (Å²) in [6.45, 7) is 2.20. The van der Waals surface area contributed by atoms with Crippen LogP contribution in [0.1, 0.15) is 34.3 Å². The number of pyridine rings is 4. The summed E-state index contributed by atoms with van der Waals surface area (Å²) in [4.78, 5) is 5.67. The Morgan fingerprint density at radius 2 is 1.58 bits per heavy atom. The highest BCUT2D eigenvalue weighted by atomic mass is 15.1. The van der Waals surface area contributed by atoms with Crippen molar-refractivity contribution in [1.29, 1.82) is 0 Å². The Morgan fingerprint density at radius 1 is 0.767 bits per heavy atom. The van der Waals surface area contributed by atoms with Crippen LogP contribution in [0.5, 0.6) is 0 Å². The van der Waals surface area contributed by atoms with Gasteiger partial charge < -0.3 is 0 Å². The van der Waals surface area contributed by atoms with Gasteiger partial charge in [-0.05, 0) is 49.2 Å². The van der Waals surface area contributed by atoms with E-state index in [4.69, 9.17) is 4.98 Å². The minimum Gasteiger partial charge on any atom is -0.293 e. The normalized spacial score (nSPS) is 17.3. The van der Waals surface area contributed by atoms with Gasteiger partial charge in [0.15, 0.2) is 12.4 Å². The Balaban J connectivity index is 1.34. The molecule has 0 bridgehead atoms. The van der Waals surface area contributed by atoms with Crippen molar-refractivity contribution in [3.63, 3.8) is 0 Å². The second-order valence-corrected chi connectivity index (χ2v) is 12.5. The third-order valence-electron chi connectivity index (χ3n) is 10.3. The predicted molar refractivity (Wildman–Crippen MR) is 171 cm³/mol. The summed E-state index contributed by atoms with van der Waals surface area (Å²) in [6, 6.07) is 38.3. The number of hydrogen-bond acceptors (Lipinski definition) is 1. The number of aromatic nitrogens is 4. The number of fused-ring (bicyclic) bond motifs is 19. The topological polar surface area (TPSA) is 25.3 Å². The smallest absolute Gasteiger partial charge is 0.262 e. The van der Waals surface area contributed by atoms with Crippen LogP contribution in [0.4, 0.5) is 0 Å². The van der Waals surface area contributed by atoms with E-state index in [-0.39, 0.29) is 6.04 Å². The van der Waals surface area contributed by atoms with Crippen LogP contribution in [0, 0.1) is 6.92 Å². The van der Waals surface area contributed by atoms with Crippen molar-refractivity contribution < 1.29 is 8.97 Å². The Hall–Kier alpha value is -5.35. The first-order valence-corrected chi connectivity index (χ1v) is 15.2. The first-order valence-electron chi connectivity index (χ1n) is 15.2. The Kier molecular flexibility index (Phi) is 3.90. The Labute approximate surface area is 247 Å². The molecule has 2 aliphatic rings. The quantitative estimate of drug-likeness (QED) is 0.141. The molecule has 0 spiro atoms. The highest BCUT2D eigenvalue weighted by Crippen LogP contribution is 2.49. The number of hydrogen-bond donors (Lipinski definition) is 0. The SMILES string of the molecule is Cc1ccc2c3cc4c5cccc6c7ccccc7n(c4nc3c3c([n+]2c1)C1C(C3)c2ccccc2-c2cccc[n+]21)c65. The molecule has 3 aromatic carbocycles. The van der Waals surface area contributed by atoms with Gasteiger partial charge in [-0.1, -0.05) is 54.6 Å². The first-order chi connectivity index (χ1) is 21.3. The number of rotatable bonds is 0. The van der Waals surface area contributed by atoms with E-state index in [1.165, 1.54) is 77.1 Å². The molecule has 6 aromatic heterocycles. The standard InChI is InChI=1S/C39H26N4/c1-22-16-17-33-30-20-29-27-13-8-12-26-25-11-4-5-15-34(25)43(36(26)27)39(29)40-35(30)31-19-28-23-9-2-3-10-24(23)32-14-6-7-18-41(32)37(28)38(31)42(33)21-22/h2-18,20-21,28,37H,19H2,1H3/q+2. The second kappa shape index (κ2) is 7.53. The van der Waals surface area contributed by atoms with Gasteiger partial charge in [-0.3, -0.25) is 4.40 Å². The van der Waals surface area contributed by atoms with Crippen molar-refractivity contribution in [1.82, 2.24) is 9.38 Å². The van der Waals surface area contributed by atoms with Crippen molar-refractivity contribution in [2.45, 2.75) is 25.3 Å². The summed E-state index contributed by atoms with van der Waals surface area (Å²) in [5, 5.41) is 6.32. The van der Waals surface area contributed by atoms with Crippen molar-refractivity contribution in [2.24, 2.45) is 0 Å². The summed E-state index contributed by atoms with van der Waals surface area (Å²) >= 11 is 0. The molecule has 1 aliphatic heterocycles. The second-order valence-electron chi connectivity index (χ2n) is 12.5. The molecular formula is C39H26N4+2. The molecule has 2 unspecified atom stereocenters. The molecule has 11 rings (SSSR count). The molecule has 200 valence electrons. The lowest BCUT2D eigenvalue weighted by molar-refractivity contribution is -0.724. The van der Waals surface area contributed by atoms with E-state index in [1.54, 1.807) is 0 Å². The number of aryl methyl sites for hydroxylation is 1. The predicted octanol–water partition coefficient (Wildman–Crippen LogP) is 7.63. The summed E-state index contributed by atoms with van der Waals surface area (Å²) in [5.74, 6) is 0.347. The number of benzene rings is 3. The maximum atomic E-state index is 5.67. The van der Waals surface area contributed by atoms with Gasteiger partial charge in [0.25, 0.3) is 5.69 Å². The van der Waals surface area contributed by atoms with E-state index >= 15 is 0 Å². The van der Waals surface area contributed by atoms with E-state index < -0.39 is 0 Å². The fraction of sp³-hybridized carbons (Fsp3) is 0.103. The maximum absolute atomic E-state index is 5.67. The van der Waals surface area contributed by atoms with Crippen molar-refractivity contribution in [3.05, 3.63) is 138 Å². The molecular weight excluding hydrogens is 524 g/mol. The molecule has 0 fully saturated rings. The molecule has 0 saturated carbocycles. The van der Waals surface area contributed by atoms with E-state index in [9.17, 15) is 0 Å². The third kappa shape index (κ3) is 2.58. The van der Waals surface area contributed by atoms with Gasteiger partial charge in [-0.2, -0.15) is 8.97 Å². The van der Waals surface area contributed by atoms with Crippen LogP contribution in [-0.2, 0) is 6.42 Å². The fourth-order valence-electron chi connectivity index (χ4n) is 8.68. The molecule has 7 heterocycles. The molecule has 0 amide bonds. The third-order valence-corrected chi connectivity index (χ3v) is 10.3. The van der Waals surface area contributed by atoms with Gasteiger partial charge in [0.05, 0.1) is 33.4 Å². The zero-order valence-electron chi connectivity index (χ0n) is 23.6. The van der Waals surface area contributed by atoms with Gasteiger partial charge >= 0.3 is 0 Å². The van der Waals surface area contributed by atoms with Crippen LogP contribution in [0.25, 0.3) is 65.9 Å². The average Bonchev–Trinajstić information content (AvgIpc) is 3.72. The lowest BCUT2D eigenvalue weighted by atomic mass is 9.84. The van der Waals surface area contributed by atoms with E-state index in [0.717, 1.165) is 17.6 Å². The molecule has 1 aliphatic carbocycles. The number of nitrogens with zero attached hydrogens (tertiary/aromatic N) is 4. The van der Waals surface area contributed by atoms with E-state index in [2.05, 4.69) is 136 Å². The van der Waals surface area contributed by atoms with Crippen LogP contribution in [0.2, 0.25) is 0 Å². The van der Waals surface area contributed by atoms with Crippen LogP contribution >= 0.6 is 0 Å². The lowest BCUT2D eigenvalue weighted by Gasteiger charge is -2.24. The largest absolute Gasteiger partial charge is 0.293 e. The van der Waals surface area contributed by atoms with Gasteiger partial charge in [0.1, 0.15) is 5.65 Å². The maximum Gasteiger partial charge on any atom is 0.262 e. The minimum absolute atomic E-state index is 0.200. The van der Waals surface area contributed by atoms with Crippen LogP contribution in [0.15, 0.2) is 116 Å². The van der Waals surface area contributed by atoms with Crippen LogP contribution < -0.4 is 8.97 Å². The minimum atomic E-state index is 0.200. The van der Waals surface area contributed by atoms with Crippen molar-refractivity contribution in [2.75, 3.05) is 0 Å². The van der Waals surface area contributed by atoms with Gasteiger partial charge in [-0.25, -0.2) is 4.98 Å². The van der Waals surface area contributed by atoms with Crippen LogP contribution in [-0.4, -0.2) is 9.38 Å². The fourth-order valence-corrected chi connectivity index (χ4v) is 8.68. The summed E-state index contributed by atoms with van der Waals surface area (Å²) in [6.07, 6.45) is 5.58. The summed E-state index contributed by atoms with van der Waals surface area (Å²) < 4.78 is 7.43. The molecule has 2 atom stereocenters.